The van der Waals surface area contributed by atoms with Crippen molar-refractivity contribution in [3.8, 4) is 11.3 Å². The number of carbonyl (C=O) groups is 4. The van der Waals surface area contributed by atoms with Crippen molar-refractivity contribution in [3.05, 3.63) is 120 Å². The maximum Gasteiger partial charge on any atom is 0.406 e. The van der Waals surface area contributed by atoms with Gasteiger partial charge in [0, 0.05) is 69.2 Å². The monoisotopic (exact) mass is 805 g/mol. The van der Waals surface area contributed by atoms with Crippen molar-refractivity contribution in [2.45, 2.75) is 84.5 Å². The van der Waals surface area contributed by atoms with Crippen molar-refractivity contribution in [1.29, 1.82) is 0 Å². The summed E-state index contributed by atoms with van der Waals surface area (Å²) in [6.45, 7) is 11.2. The Labute approximate surface area is 348 Å². The number of hydrogen-bond acceptors (Lipinski definition) is 8. The van der Waals surface area contributed by atoms with Gasteiger partial charge < -0.3 is 35.6 Å². The molecule has 4 aromatic rings. The average Bonchev–Trinajstić information content (AvgIpc) is 3.56. The molecule has 2 aromatic heterocycles. The van der Waals surface area contributed by atoms with E-state index in [1.807, 2.05) is 120 Å². The zero-order valence-electron chi connectivity index (χ0n) is 35.1. The van der Waals surface area contributed by atoms with E-state index in [-0.39, 0.29) is 43.8 Å². The van der Waals surface area contributed by atoms with Crippen LogP contribution < -0.4 is 16.0 Å². The van der Waals surface area contributed by atoms with Gasteiger partial charge in [0.1, 0.15) is 6.04 Å². The van der Waals surface area contributed by atoms with Crippen LogP contribution in [0, 0.1) is 10.8 Å². The molecule has 0 aliphatic carbocycles. The smallest absolute Gasteiger partial charge is 0.406 e. The highest BCUT2D eigenvalue weighted by molar-refractivity contribution is 5.89. The third kappa shape index (κ3) is 12.6. The maximum absolute atomic E-state index is 14.8. The highest BCUT2D eigenvalue weighted by Crippen LogP contribution is 2.32. The van der Waals surface area contributed by atoms with Gasteiger partial charge in [0.15, 0.2) is 0 Å². The molecule has 3 heterocycles. The fraction of sp³-hybridized carbons (Fsp3) is 0.435. The summed E-state index contributed by atoms with van der Waals surface area (Å²) in [5.74, 6) is -0.998. The van der Waals surface area contributed by atoms with Gasteiger partial charge in [-0.2, -0.15) is 0 Å². The van der Waals surface area contributed by atoms with Gasteiger partial charge in [0.05, 0.1) is 24.9 Å². The van der Waals surface area contributed by atoms with Gasteiger partial charge >= 0.3 is 12.1 Å². The summed E-state index contributed by atoms with van der Waals surface area (Å²) in [5, 5.41) is 21.0. The third-order valence-corrected chi connectivity index (χ3v) is 10.7. The predicted octanol–water partition coefficient (Wildman–Crippen LogP) is 5.95. The molecule has 314 valence electrons. The quantitative estimate of drug-likeness (QED) is 0.0959. The van der Waals surface area contributed by atoms with E-state index in [2.05, 4.69) is 30.7 Å². The Balaban J connectivity index is 1.41. The molecule has 5 amide bonds. The molecular weight excluding hydrogens is 747 g/mol. The zero-order valence-corrected chi connectivity index (χ0v) is 35.1. The Morgan fingerprint density at radius 3 is 2.19 bits per heavy atom. The molecule has 0 saturated carbocycles. The molecule has 4 unspecified atom stereocenters. The fourth-order valence-electron chi connectivity index (χ4n) is 7.64. The molecule has 13 nitrogen and oxygen atoms in total. The number of ether oxygens (including phenoxy) is 1. The van der Waals surface area contributed by atoms with Gasteiger partial charge in [0.25, 0.3) is 0 Å². The number of amides is 5. The van der Waals surface area contributed by atoms with E-state index in [1.54, 1.807) is 28.4 Å². The van der Waals surface area contributed by atoms with Crippen molar-refractivity contribution in [2.75, 3.05) is 33.3 Å². The Hall–Kier alpha value is -5.82. The lowest BCUT2D eigenvalue weighted by atomic mass is 9.81. The fourth-order valence-corrected chi connectivity index (χ4v) is 7.64. The van der Waals surface area contributed by atoms with E-state index in [4.69, 9.17) is 0 Å². The predicted molar refractivity (Wildman–Crippen MR) is 227 cm³/mol. The maximum atomic E-state index is 14.8. The number of pyridine rings is 2. The van der Waals surface area contributed by atoms with Gasteiger partial charge in [-0.25, -0.2) is 9.59 Å². The van der Waals surface area contributed by atoms with E-state index in [0.29, 0.717) is 26.1 Å². The number of aromatic nitrogens is 2. The molecule has 2 aromatic carbocycles. The van der Waals surface area contributed by atoms with E-state index in [9.17, 15) is 24.3 Å². The largest absolute Gasteiger partial charge is 0.453 e. The summed E-state index contributed by atoms with van der Waals surface area (Å²) in [4.78, 5) is 65.5. The van der Waals surface area contributed by atoms with Crippen molar-refractivity contribution < 1.29 is 29.0 Å². The SMILES string of the molecule is COC(=O)NCC(C)(C)CC(=O)NCCC(O)C(NC(=O)C(N1CCN(Cc2ccncc2)C1=O)C(C)(C)C)C(Cc1ccc(-c2ccccn2)cc1)c1ccccc1. The molecule has 0 radical (unpaired) electrons. The number of rotatable bonds is 18. The van der Waals surface area contributed by atoms with Crippen molar-refractivity contribution in [3.63, 3.8) is 0 Å². The van der Waals surface area contributed by atoms with Crippen LogP contribution in [0.1, 0.15) is 70.1 Å². The van der Waals surface area contributed by atoms with Crippen LogP contribution in [-0.4, -0.2) is 100 Å². The van der Waals surface area contributed by atoms with Gasteiger partial charge in [-0.1, -0.05) is 95.3 Å². The van der Waals surface area contributed by atoms with Crippen molar-refractivity contribution in [1.82, 2.24) is 35.7 Å². The van der Waals surface area contributed by atoms with E-state index >= 15 is 0 Å². The first-order valence-electron chi connectivity index (χ1n) is 20.2. The number of aliphatic hydroxyl groups is 1. The average molecular weight is 806 g/mol. The molecule has 1 aliphatic rings. The van der Waals surface area contributed by atoms with Crippen LogP contribution >= 0.6 is 0 Å². The molecule has 13 heteroatoms. The minimum atomic E-state index is -1.09. The minimum Gasteiger partial charge on any atom is -0.453 e. The topological polar surface area (TPSA) is 166 Å². The second-order valence-electron chi connectivity index (χ2n) is 17.1. The molecule has 0 spiro atoms. The first-order valence-corrected chi connectivity index (χ1v) is 20.2. The molecule has 59 heavy (non-hydrogen) atoms. The Morgan fingerprint density at radius 2 is 1.54 bits per heavy atom. The third-order valence-electron chi connectivity index (χ3n) is 10.7. The Kier molecular flexibility index (Phi) is 15.2. The second kappa shape index (κ2) is 20.2. The van der Waals surface area contributed by atoms with Gasteiger partial charge in [-0.15, -0.1) is 0 Å². The van der Waals surface area contributed by atoms with Crippen LogP contribution in [-0.2, 0) is 27.3 Å². The normalized spacial score (nSPS) is 15.2. The van der Waals surface area contributed by atoms with Crippen LogP contribution in [0.15, 0.2) is 104 Å². The first-order chi connectivity index (χ1) is 28.1. The number of hydrogen-bond donors (Lipinski definition) is 4. The Bertz CT molecular complexity index is 1970. The van der Waals surface area contributed by atoms with Crippen LogP contribution in [0.3, 0.4) is 0 Å². The molecule has 1 saturated heterocycles. The number of nitrogens with zero attached hydrogens (tertiary/aromatic N) is 4. The lowest BCUT2D eigenvalue weighted by Gasteiger charge is -2.39. The van der Waals surface area contributed by atoms with Gasteiger partial charge in [-0.3, -0.25) is 19.6 Å². The number of carbonyl (C=O) groups excluding carboxylic acids is 4. The van der Waals surface area contributed by atoms with Crippen molar-refractivity contribution in [2.24, 2.45) is 10.8 Å². The highest BCUT2D eigenvalue weighted by atomic mass is 16.5. The summed E-state index contributed by atoms with van der Waals surface area (Å²) in [7, 11) is 1.28. The summed E-state index contributed by atoms with van der Waals surface area (Å²) >= 11 is 0. The van der Waals surface area contributed by atoms with Crippen LogP contribution in [0.4, 0.5) is 9.59 Å². The molecule has 1 aliphatic heterocycles. The number of urea groups is 1. The number of aliphatic hydroxyl groups excluding tert-OH is 1. The number of nitrogens with one attached hydrogen (secondary N) is 3. The summed E-state index contributed by atoms with van der Waals surface area (Å²) < 4.78 is 4.66. The number of benzene rings is 2. The molecule has 4 atom stereocenters. The summed E-state index contributed by atoms with van der Waals surface area (Å²) in [6.07, 6.45) is 4.23. The zero-order chi connectivity index (χ0) is 42.6. The minimum absolute atomic E-state index is 0.129. The molecule has 4 N–H and O–H groups in total. The lowest BCUT2D eigenvalue weighted by molar-refractivity contribution is -0.130. The van der Waals surface area contributed by atoms with Gasteiger partial charge in [0.2, 0.25) is 11.8 Å². The number of alkyl carbamates (subject to hydrolysis) is 1. The highest BCUT2D eigenvalue weighted by Gasteiger charge is 2.45. The van der Waals surface area contributed by atoms with Crippen LogP contribution in [0.5, 0.6) is 0 Å². The van der Waals surface area contributed by atoms with Crippen LogP contribution in [0.25, 0.3) is 11.3 Å². The first kappa shape index (κ1) is 44.3. The molecular formula is C46H59N7O6. The Morgan fingerprint density at radius 1 is 0.847 bits per heavy atom. The second-order valence-corrected chi connectivity index (χ2v) is 17.1. The van der Waals surface area contributed by atoms with Crippen molar-refractivity contribution >= 4 is 23.9 Å². The van der Waals surface area contributed by atoms with E-state index in [0.717, 1.165) is 27.9 Å². The summed E-state index contributed by atoms with van der Waals surface area (Å²) in [5.41, 5.74) is 3.47. The number of methoxy groups -OCH3 is 1. The van der Waals surface area contributed by atoms with Gasteiger partial charge in [-0.05, 0) is 64.6 Å². The molecule has 1 fully saturated rings. The van der Waals surface area contributed by atoms with E-state index in [1.165, 1.54) is 7.11 Å². The molecule has 0 bridgehead atoms. The lowest BCUT2D eigenvalue weighted by Crippen LogP contribution is -2.59. The van der Waals surface area contributed by atoms with Crippen LogP contribution in [0.2, 0.25) is 0 Å². The standard InChI is InChI=1S/C46H59N7O6/c1-45(2,3)41(53-27-26-52(44(53)58)30-33-19-23-47-24-20-33)42(56)51-40(38(54)21-25-49-39(55)29-46(4,5)31-50-43(57)59-6)36(34-12-8-7-9-13-34)28-32-15-17-35(18-16-32)37-14-10-11-22-48-37/h7-20,22-24,36,38,40-41,54H,21,25-31H2,1-6H3,(H,49,55)(H,50,57)(H,51,56). The molecule has 5 rings (SSSR count). The summed E-state index contributed by atoms with van der Waals surface area (Å²) in [6, 6.07) is 25.6. The van der Waals surface area contributed by atoms with E-state index < -0.39 is 41.0 Å².